The first kappa shape index (κ1) is 55.8. The number of carbonyl (C=O) groups is 9. The molecule has 1 aromatic carbocycles. The molecular formula is C52H70N14O10. The zero-order chi connectivity index (χ0) is 55.1. The Labute approximate surface area is 439 Å². The Kier molecular flexibility index (Phi) is 17.8. The fourth-order valence-electron chi connectivity index (χ4n) is 10.1. The van der Waals surface area contributed by atoms with E-state index in [1.54, 1.807) is 36.7 Å². The zero-order valence-corrected chi connectivity index (χ0v) is 44.1. The van der Waals surface area contributed by atoms with Crippen LogP contribution in [-0.4, -0.2) is 138 Å². The molecule has 4 aliphatic heterocycles. The third-order valence-corrected chi connectivity index (χ3v) is 13.8. The third kappa shape index (κ3) is 13.7. The van der Waals surface area contributed by atoms with Crippen molar-refractivity contribution in [2.75, 3.05) is 18.4 Å². The highest BCUT2D eigenvalue weighted by Gasteiger charge is 2.40. The second kappa shape index (κ2) is 24.2. The number of anilines is 1. The summed E-state index contributed by atoms with van der Waals surface area (Å²) in [6.45, 7) is 14.2. The van der Waals surface area contributed by atoms with E-state index in [2.05, 4.69) is 67.8 Å². The van der Waals surface area contributed by atoms with Gasteiger partial charge in [0, 0.05) is 65.8 Å². The maximum atomic E-state index is 15.0. The summed E-state index contributed by atoms with van der Waals surface area (Å²) >= 11 is 0. The van der Waals surface area contributed by atoms with Crippen LogP contribution >= 0.6 is 0 Å². The average Bonchev–Trinajstić information content (AvgIpc) is 4.11. The molecule has 0 radical (unpaired) electrons. The molecule has 76 heavy (non-hydrogen) atoms. The van der Waals surface area contributed by atoms with Crippen molar-refractivity contribution in [1.82, 2.24) is 67.0 Å². The van der Waals surface area contributed by atoms with Crippen molar-refractivity contribution in [2.24, 2.45) is 17.8 Å². The number of aromatic amines is 1. The molecule has 1 saturated heterocycles. The van der Waals surface area contributed by atoms with E-state index >= 15 is 4.79 Å². The summed E-state index contributed by atoms with van der Waals surface area (Å²) in [6.07, 6.45) is 3.34. The number of hydrogen-bond acceptors (Lipinski definition) is 13. The highest BCUT2D eigenvalue weighted by Crippen LogP contribution is 2.35. The fraction of sp³-hybridized carbons (Fsp3) is 0.538. The number of carbonyl (C=O) groups excluding carboxylic acids is 8. The SMILES string of the molecule is Cc1cc(C)nc(NCCC[C@@H]2NC(=O)[C@@H]3Cc4c([nH]c5cc(ccc45)[C@@H](C(C)C)[C@H](NC(=O)[C@@H]4CCC(=O)N4)C(=O)N[C@@H](CC(C)C)C(=O)N[C@@H](C(C)C)C(=O)N3)-n3cnc(c3)C[C@@H](C(=O)O)NC(=O)CNC2=O)n1. The molecule has 0 saturated carbocycles. The Bertz CT molecular complexity index is 2860. The number of fused-ring (bicyclic) bond motifs is 13. The largest absolute Gasteiger partial charge is 0.480 e. The van der Waals surface area contributed by atoms with Gasteiger partial charge in [-0.05, 0) is 75.0 Å². The van der Waals surface area contributed by atoms with Gasteiger partial charge < -0.3 is 57.9 Å². The van der Waals surface area contributed by atoms with Crippen molar-refractivity contribution < 1.29 is 48.3 Å². The number of aliphatic carboxylic acids is 1. The van der Waals surface area contributed by atoms with E-state index in [0.717, 1.165) is 11.4 Å². The summed E-state index contributed by atoms with van der Waals surface area (Å²) in [4.78, 5) is 142. The molecule has 11 N–H and O–H groups in total. The van der Waals surface area contributed by atoms with Gasteiger partial charge in [-0.3, -0.25) is 42.9 Å². The van der Waals surface area contributed by atoms with Gasteiger partial charge in [0.25, 0.3) is 0 Å². The lowest BCUT2D eigenvalue weighted by Gasteiger charge is -2.33. The summed E-state index contributed by atoms with van der Waals surface area (Å²) < 4.78 is 1.59. The number of imidazole rings is 1. The number of rotatable bonds is 12. The molecule has 1 fully saturated rings. The van der Waals surface area contributed by atoms with E-state index < -0.39 is 108 Å². The van der Waals surface area contributed by atoms with Crippen molar-refractivity contribution in [3.8, 4) is 5.82 Å². The molecule has 24 nitrogen and oxygen atoms in total. The Morgan fingerprint density at radius 1 is 0.776 bits per heavy atom. The summed E-state index contributed by atoms with van der Waals surface area (Å²) in [7, 11) is 0. The number of carboxylic acids is 1. The van der Waals surface area contributed by atoms with Gasteiger partial charge in [-0.1, -0.05) is 53.7 Å². The van der Waals surface area contributed by atoms with Crippen LogP contribution in [0.4, 0.5) is 5.95 Å². The average molecular weight is 1050 g/mol. The van der Waals surface area contributed by atoms with E-state index in [0.29, 0.717) is 33.8 Å². The van der Waals surface area contributed by atoms with E-state index in [1.807, 2.05) is 53.7 Å². The van der Waals surface area contributed by atoms with Gasteiger partial charge in [-0.2, -0.15) is 0 Å². The van der Waals surface area contributed by atoms with Gasteiger partial charge in [-0.15, -0.1) is 0 Å². The predicted octanol–water partition coefficient (Wildman–Crippen LogP) is 0.595. The summed E-state index contributed by atoms with van der Waals surface area (Å²) in [5.41, 5.74) is 3.32. The summed E-state index contributed by atoms with van der Waals surface area (Å²) in [5.74, 6) is -7.73. The van der Waals surface area contributed by atoms with Crippen molar-refractivity contribution in [1.29, 1.82) is 0 Å². The smallest absolute Gasteiger partial charge is 0.326 e. The fourth-order valence-corrected chi connectivity index (χ4v) is 10.1. The molecule has 3 aromatic heterocycles. The van der Waals surface area contributed by atoms with Crippen LogP contribution in [0.25, 0.3) is 16.7 Å². The molecule has 0 unspecified atom stereocenters. The van der Waals surface area contributed by atoms with Crippen LogP contribution in [0.15, 0.2) is 36.8 Å². The Balaban J connectivity index is 1.37. The van der Waals surface area contributed by atoms with Crippen LogP contribution in [0, 0.1) is 31.6 Å². The number of amides is 8. The van der Waals surface area contributed by atoms with E-state index in [9.17, 15) is 43.5 Å². The highest BCUT2D eigenvalue weighted by molar-refractivity contribution is 5.99. The Morgan fingerprint density at radius 3 is 2.14 bits per heavy atom. The molecule has 8 atom stereocenters. The topological polar surface area (TPSA) is 342 Å². The van der Waals surface area contributed by atoms with Crippen LogP contribution < -0.4 is 47.9 Å². The lowest BCUT2D eigenvalue weighted by molar-refractivity contribution is -0.141. The van der Waals surface area contributed by atoms with Crippen molar-refractivity contribution in [3.63, 3.8) is 0 Å². The summed E-state index contributed by atoms with van der Waals surface area (Å²) in [6, 6.07) is -1.59. The van der Waals surface area contributed by atoms with Crippen LogP contribution in [0.5, 0.6) is 0 Å². The number of aryl methyl sites for hydroxylation is 2. The van der Waals surface area contributed by atoms with Gasteiger partial charge in [0.05, 0.1) is 12.2 Å². The molecule has 408 valence electrons. The van der Waals surface area contributed by atoms with Gasteiger partial charge >= 0.3 is 5.97 Å². The maximum Gasteiger partial charge on any atom is 0.326 e. The first-order chi connectivity index (χ1) is 36.0. The molecule has 4 aliphatic rings. The normalized spacial score (nSPS) is 24.1. The van der Waals surface area contributed by atoms with Crippen LogP contribution in [0.2, 0.25) is 0 Å². The lowest BCUT2D eigenvalue weighted by Crippen LogP contribution is -2.61. The number of aromatic nitrogens is 5. The molecule has 24 heteroatoms. The zero-order valence-electron chi connectivity index (χ0n) is 44.1. The monoisotopic (exact) mass is 1050 g/mol. The van der Waals surface area contributed by atoms with Crippen molar-refractivity contribution >= 4 is 70.1 Å². The van der Waals surface area contributed by atoms with Crippen LogP contribution in [0.1, 0.15) is 108 Å². The molecule has 8 amide bonds. The number of H-pyrrole nitrogens is 1. The van der Waals surface area contributed by atoms with Gasteiger partial charge in [0.15, 0.2) is 0 Å². The van der Waals surface area contributed by atoms with E-state index in [1.165, 1.54) is 6.33 Å². The molecular weight excluding hydrogens is 981 g/mol. The van der Waals surface area contributed by atoms with Crippen LogP contribution in [0.3, 0.4) is 0 Å². The molecule has 0 spiro atoms. The minimum absolute atomic E-state index is 0.0233. The minimum atomic E-state index is -1.45. The molecule has 0 aliphatic carbocycles. The second-order valence-electron chi connectivity index (χ2n) is 21.1. The number of benzene rings is 1. The molecule has 8 rings (SSSR count). The van der Waals surface area contributed by atoms with Gasteiger partial charge in [-0.25, -0.2) is 19.7 Å². The third-order valence-electron chi connectivity index (χ3n) is 13.8. The van der Waals surface area contributed by atoms with Gasteiger partial charge in [0.2, 0.25) is 53.2 Å². The number of hydrogen-bond donors (Lipinski definition) is 11. The Hall–Kier alpha value is -7.92. The number of nitrogens with zero attached hydrogens (tertiary/aromatic N) is 4. The molecule has 7 heterocycles. The molecule has 4 aromatic rings. The van der Waals surface area contributed by atoms with E-state index in [-0.39, 0.29) is 74.9 Å². The van der Waals surface area contributed by atoms with Crippen molar-refractivity contribution in [2.45, 2.75) is 149 Å². The second-order valence-corrected chi connectivity index (χ2v) is 21.1. The Morgan fingerprint density at radius 2 is 1.49 bits per heavy atom. The first-order valence-electron chi connectivity index (χ1n) is 25.9. The van der Waals surface area contributed by atoms with Crippen LogP contribution in [-0.2, 0) is 56.0 Å². The highest BCUT2D eigenvalue weighted by atomic mass is 16.4. The predicted molar refractivity (Wildman–Crippen MR) is 277 cm³/mol. The summed E-state index contributed by atoms with van der Waals surface area (Å²) in [5, 5.41) is 35.9. The quantitative estimate of drug-likeness (QED) is 0.0684. The standard InChI is InChI=1S/C52H70N14O10/c1-24(2)16-36-48(72)64-42(26(5)6)49(73)63-37-20-32-31-12-11-29(41(25(3)4)43(50(74)62-36)65-46(70)34-13-14-39(67)58-34)18-35(31)60-44(32)66-22-30(55-23-66)19-38(51(75)76)59-40(68)21-54-45(69)33(61-47(37)71)10-9-15-53-52-56-27(7)17-28(8)57-52/h11-12,17-18,22-26,33-34,36-38,41-43,60H,9-10,13-16,19-21H2,1-8H3,(H,54,69)(H,58,67)(H,59,68)(H,61,71)(H,62,74)(H,63,73)(H,64,72)(H,65,70)(H,75,76)(H,53,56,57)/t33-,34-,36-,37-,38-,41+,42-,43-/m0/s1. The maximum absolute atomic E-state index is 15.0. The minimum Gasteiger partial charge on any atom is -0.480 e. The van der Waals surface area contributed by atoms with Gasteiger partial charge in [0.1, 0.15) is 54.4 Å². The molecule has 7 bridgehead atoms. The number of nitrogens with one attached hydrogen (secondary N) is 10. The van der Waals surface area contributed by atoms with E-state index in [4.69, 9.17) is 0 Å². The van der Waals surface area contributed by atoms with Crippen molar-refractivity contribution in [3.05, 3.63) is 65.0 Å². The number of carboxylic acid groups (broad SMARTS) is 1. The first-order valence-corrected chi connectivity index (χ1v) is 25.9. The lowest BCUT2D eigenvalue weighted by atomic mass is 9.81.